The summed E-state index contributed by atoms with van der Waals surface area (Å²) in [6.07, 6.45) is 8.59. The molecule has 0 bridgehead atoms. The highest BCUT2D eigenvalue weighted by Gasteiger charge is 2.24. The predicted molar refractivity (Wildman–Crippen MR) is 120 cm³/mol. The Kier molecular flexibility index (Phi) is 5.59. The van der Waals surface area contributed by atoms with Crippen LogP contribution in [0.15, 0.2) is 52.9 Å². The SMILES string of the molecule is CN1CCC(n2ncc(-c3cc(Sc4ncccc4F)c4c(C#N)cnn4c3)c2Cl)CC1. The zero-order valence-electron chi connectivity index (χ0n) is 17.2. The molecule has 1 fully saturated rings. The molecule has 0 aromatic carbocycles. The van der Waals surface area contributed by atoms with Gasteiger partial charge < -0.3 is 4.90 Å². The van der Waals surface area contributed by atoms with Crippen molar-refractivity contribution in [2.75, 3.05) is 20.1 Å². The second kappa shape index (κ2) is 8.54. The van der Waals surface area contributed by atoms with Crippen LogP contribution >= 0.6 is 23.4 Å². The summed E-state index contributed by atoms with van der Waals surface area (Å²) in [5.41, 5.74) is 2.56. The summed E-state index contributed by atoms with van der Waals surface area (Å²) in [7, 11) is 2.12. The molecule has 7 nitrogen and oxygen atoms in total. The number of fused-ring (bicyclic) bond motifs is 1. The first-order valence-electron chi connectivity index (χ1n) is 10.2. The number of aromatic nitrogens is 5. The minimum absolute atomic E-state index is 0.227. The van der Waals surface area contributed by atoms with E-state index in [1.165, 1.54) is 18.5 Å². The Labute approximate surface area is 193 Å². The summed E-state index contributed by atoms with van der Waals surface area (Å²) in [4.78, 5) is 7.10. The van der Waals surface area contributed by atoms with Crippen molar-refractivity contribution < 1.29 is 4.39 Å². The Bertz CT molecular complexity index is 1330. The lowest BCUT2D eigenvalue weighted by Crippen LogP contribution is -2.31. The molecule has 0 amide bonds. The van der Waals surface area contributed by atoms with Crippen molar-refractivity contribution in [3.05, 3.63) is 59.5 Å². The summed E-state index contributed by atoms with van der Waals surface area (Å²) in [5.74, 6) is -0.424. The van der Waals surface area contributed by atoms with Gasteiger partial charge in [-0.15, -0.1) is 0 Å². The van der Waals surface area contributed by atoms with Crippen LogP contribution in [0.2, 0.25) is 5.15 Å². The van der Waals surface area contributed by atoms with Crippen LogP contribution < -0.4 is 0 Å². The molecule has 1 aliphatic heterocycles. The summed E-state index contributed by atoms with van der Waals surface area (Å²) in [6.45, 7) is 2.01. The van der Waals surface area contributed by atoms with Crippen molar-refractivity contribution >= 4 is 28.9 Å². The Morgan fingerprint density at radius 1 is 1.25 bits per heavy atom. The summed E-state index contributed by atoms with van der Waals surface area (Å²) < 4.78 is 17.8. The Morgan fingerprint density at radius 3 is 2.81 bits per heavy atom. The molecule has 5 heterocycles. The fraction of sp³-hybridized carbons (Fsp3) is 0.273. The molecule has 0 unspecified atom stereocenters. The number of hydrogen-bond acceptors (Lipinski definition) is 6. The lowest BCUT2D eigenvalue weighted by atomic mass is 10.1. The van der Waals surface area contributed by atoms with Crippen LogP contribution in [0.25, 0.3) is 16.6 Å². The van der Waals surface area contributed by atoms with E-state index in [2.05, 4.69) is 33.2 Å². The van der Waals surface area contributed by atoms with Crippen molar-refractivity contribution in [1.82, 2.24) is 29.3 Å². The maximum absolute atomic E-state index is 14.3. The average molecular weight is 468 g/mol. The molecule has 1 saturated heterocycles. The molecule has 0 atom stereocenters. The van der Waals surface area contributed by atoms with Crippen LogP contribution in [-0.4, -0.2) is 49.4 Å². The van der Waals surface area contributed by atoms with E-state index in [4.69, 9.17) is 11.6 Å². The lowest BCUT2D eigenvalue weighted by Gasteiger charge is -2.29. The molecule has 4 aromatic rings. The van der Waals surface area contributed by atoms with Crippen LogP contribution in [0.3, 0.4) is 0 Å². The first-order valence-corrected chi connectivity index (χ1v) is 11.4. The van der Waals surface area contributed by atoms with Gasteiger partial charge in [0.15, 0.2) is 5.82 Å². The van der Waals surface area contributed by atoms with Gasteiger partial charge in [-0.05, 0) is 51.2 Å². The van der Waals surface area contributed by atoms with Crippen LogP contribution in [-0.2, 0) is 0 Å². The zero-order chi connectivity index (χ0) is 22.2. The normalized spacial score (nSPS) is 15.3. The van der Waals surface area contributed by atoms with Crippen LogP contribution in [0.1, 0.15) is 24.4 Å². The second-order valence-corrected chi connectivity index (χ2v) is 9.17. The second-order valence-electron chi connectivity index (χ2n) is 7.78. The number of likely N-dealkylation sites (tertiary alicyclic amines) is 1. The Morgan fingerprint density at radius 2 is 2.06 bits per heavy atom. The van der Waals surface area contributed by atoms with Crippen molar-refractivity contribution in [2.45, 2.75) is 28.8 Å². The van der Waals surface area contributed by atoms with E-state index < -0.39 is 5.82 Å². The molecule has 0 radical (unpaired) electrons. The Hall–Kier alpha value is -2.93. The molecule has 162 valence electrons. The number of halogens is 2. The van der Waals surface area contributed by atoms with E-state index in [-0.39, 0.29) is 11.1 Å². The van der Waals surface area contributed by atoms with Gasteiger partial charge in [0.25, 0.3) is 0 Å². The van der Waals surface area contributed by atoms with E-state index in [1.54, 1.807) is 16.8 Å². The number of piperidine rings is 1. The molecule has 0 aliphatic carbocycles. The third kappa shape index (κ3) is 3.75. The van der Waals surface area contributed by atoms with Crippen molar-refractivity contribution in [2.24, 2.45) is 0 Å². The molecule has 0 N–H and O–H groups in total. The fourth-order valence-corrected chi connectivity index (χ4v) is 5.29. The first kappa shape index (κ1) is 20.9. The molecule has 10 heteroatoms. The molecule has 0 spiro atoms. The molecular formula is C22H19ClFN7S. The monoisotopic (exact) mass is 467 g/mol. The van der Waals surface area contributed by atoms with Gasteiger partial charge in [0.2, 0.25) is 0 Å². The first-order chi connectivity index (χ1) is 15.5. The van der Waals surface area contributed by atoms with Crippen LogP contribution in [0.5, 0.6) is 0 Å². The van der Waals surface area contributed by atoms with E-state index >= 15 is 0 Å². The minimum atomic E-state index is -0.424. The average Bonchev–Trinajstić information content (AvgIpc) is 3.39. The highest BCUT2D eigenvalue weighted by atomic mass is 35.5. The summed E-state index contributed by atoms with van der Waals surface area (Å²) in [6, 6.07) is 7.20. The maximum atomic E-state index is 14.3. The molecule has 1 aliphatic rings. The minimum Gasteiger partial charge on any atom is -0.306 e. The van der Waals surface area contributed by atoms with Crippen LogP contribution in [0.4, 0.5) is 4.39 Å². The highest BCUT2D eigenvalue weighted by Crippen LogP contribution is 2.38. The van der Waals surface area contributed by atoms with Crippen molar-refractivity contribution in [3.63, 3.8) is 0 Å². The van der Waals surface area contributed by atoms with Gasteiger partial charge in [-0.2, -0.15) is 15.5 Å². The van der Waals surface area contributed by atoms with E-state index in [0.29, 0.717) is 21.1 Å². The topological polar surface area (TPSA) is 75.0 Å². The maximum Gasteiger partial charge on any atom is 0.155 e. The highest BCUT2D eigenvalue weighted by molar-refractivity contribution is 7.99. The fourth-order valence-electron chi connectivity index (χ4n) is 3.98. The largest absolute Gasteiger partial charge is 0.306 e. The molecular weight excluding hydrogens is 449 g/mol. The molecule has 0 saturated carbocycles. The van der Waals surface area contributed by atoms with E-state index in [0.717, 1.165) is 48.8 Å². The number of hydrogen-bond donors (Lipinski definition) is 0. The van der Waals surface area contributed by atoms with Gasteiger partial charge in [-0.25, -0.2) is 13.9 Å². The molecule has 32 heavy (non-hydrogen) atoms. The summed E-state index contributed by atoms with van der Waals surface area (Å²) in [5, 5.41) is 19.2. The van der Waals surface area contributed by atoms with E-state index in [9.17, 15) is 9.65 Å². The summed E-state index contributed by atoms with van der Waals surface area (Å²) >= 11 is 7.93. The van der Waals surface area contributed by atoms with Crippen molar-refractivity contribution in [3.8, 4) is 17.2 Å². The number of rotatable bonds is 4. The number of nitrogens with zero attached hydrogens (tertiary/aromatic N) is 7. The van der Waals surface area contributed by atoms with Gasteiger partial charge in [0, 0.05) is 28.4 Å². The van der Waals surface area contributed by atoms with Gasteiger partial charge in [0.1, 0.15) is 16.2 Å². The number of pyridine rings is 2. The quantitative estimate of drug-likeness (QED) is 0.434. The van der Waals surface area contributed by atoms with E-state index in [1.807, 2.05) is 16.9 Å². The molecule has 5 rings (SSSR count). The third-order valence-electron chi connectivity index (χ3n) is 5.71. The standard InChI is InChI=1S/C22H19ClFN7S/c1-29-7-4-16(5-8-29)31-21(23)17(12-28-31)14-9-19(32-22-18(24)3-2-6-26-22)20-15(10-25)11-27-30(20)13-14/h2-3,6,9,11-13,16H,4-5,7-8H2,1H3. The van der Waals surface area contributed by atoms with Crippen LogP contribution in [0, 0.1) is 17.1 Å². The zero-order valence-corrected chi connectivity index (χ0v) is 18.8. The van der Waals surface area contributed by atoms with Gasteiger partial charge in [0.05, 0.1) is 29.5 Å². The smallest absolute Gasteiger partial charge is 0.155 e. The third-order valence-corrected chi connectivity index (χ3v) is 7.11. The van der Waals surface area contributed by atoms with Gasteiger partial charge in [-0.3, -0.25) is 4.68 Å². The number of nitriles is 1. The van der Waals surface area contributed by atoms with Crippen molar-refractivity contribution in [1.29, 1.82) is 5.26 Å². The van der Waals surface area contributed by atoms with Gasteiger partial charge in [-0.1, -0.05) is 23.4 Å². The van der Waals surface area contributed by atoms with Gasteiger partial charge >= 0.3 is 0 Å². The lowest BCUT2D eigenvalue weighted by molar-refractivity contribution is 0.212. The molecule has 4 aromatic heterocycles. The Balaban J connectivity index is 1.59. The predicted octanol–water partition coefficient (Wildman–Crippen LogP) is 4.67.